The third kappa shape index (κ3) is 4.78. The first kappa shape index (κ1) is 16.9. The maximum atomic E-state index is 4.52. The van der Waals surface area contributed by atoms with Crippen LogP contribution in [-0.2, 0) is 0 Å². The van der Waals surface area contributed by atoms with Crippen molar-refractivity contribution in [2.24, 2.45) is 16.8 Å². The summed E-state index contributed by atoms with van der Waals surface area (Å²) in [6, 6.07) is 0.641. The number of likely N-dealkylation sites (N-methyl/N-ethyl adjacent to an activating group) is 1. The topological polar surface area (TPSA) is 30.9 Å². The molecule has 0 aromatic heterocycles. The molecule has 1 heterocycles. The fourth-order valence-corrected chi connectivity index (χ4v) is 4.35. The molecule has 2 unspecified atom stereocenters. The molecule has 0 aromatic carbocycles. The number of nitrogens with zero attached hydrogens (tertiary/aromatic N) is 3. The van der Waals surface area contributed by atoms with Crippen LogP contribution >= 0.6 is 11.8 Å². The van der Waals surface area contributed by atoms with Gasteiger partial charge in [0.05, 0.1) is 0 Å². The smallest absolute Gasteiger partial charge is 0.193 e. The number of rotatable bonds is 5. The fourth-order valence-electron chi connectivity index (χ4n) is 3.05. The van der Waals surface area contributed by atoms with E-state index < -0.39 is 0 Å². The van der Waals surface area contributed by atoms with Gasteiger partial charge in [-0.15, -0.1) is 0 Å². The number of hydrogen-bond donors (Lipinski definition) is 1. The molecule has 2 atom stereocenters. The lowest BCUT2D eigenvalue weighted by molar-refractivity contribution is 0.260. The Kier molecular flexibility index (Phi) is 6.23. The largest absolute Gasteiger partial charge is 0.355 e. The molecule has 0 bridgehead atoms. The SMILES string of the molecule is CN=C(NCC(C1CC1)N(C)C)N1CCSC(C(C)C)C1. The summed E-state index contributed by atoms with van der Waals surface area (Å²) >= 11 is 2.11. The van der Waals surface area contributed by atoms with E-state index in [0.29, 0.717) is 6.04 Å². The maximum Gasteiger partial charge on any atom is 0.193 e. The Morgan fingerprint density at radius 2 is 2.10 bits per heavy atom. The molecule has 0 radical (unpaired) electrons. The summed E-state index contributed by atoms with van der Waals surface area (Å²) in [5.74, 6) is 3.92. The molecular formula is C16H32N4S. The van der Waals surface area contributed by atoms with Gasteiger partial charge in [0.15, 0.2) is 5.96 Å². The van der Waals surface area contributed by atoms with Gasteiger partial charge in [0, 0.05) is 43.7 Å². The monoisotopic (exact) mass is 312 g/mol. The average molecular weight is 313 g/mol. The predicted octanol–water partition coefficient (Wildman–Crippen LogP) is 1.98. The van der Waals surface area contributed by atoms with E-state index in [2.05, 4.69) is 59.8 Å². The molecule has 1 N–H and O–H groups in total. The van der Waals surface area contributed by atoms with E-state index >= 15 is 0 Å². The molecule has 2 rings (SSSR count). The van der Waals surface area contributed by atoms with Crippen LogP contribution in [0.4, 0.5) is 0 Å². The van der Waals surface area contributed by atoms with Crippen molar-refractivity contribution < 1.29 is 0 Å². The highest BCUT2D eigenvalue weighted by Gasteiger charge is 2.33. The van der Waals surface area contributed by atoms with Gasteiger partial charge in [0.25, 0.3) is 0 Å². The van der Waals surface area contributed by atoms with Crippen molar-refractivity contribution in [1.29, 1.82) is 0 Å². The summed E-state index contributed by atoms with van der Waals surface area (Å²) < 4.78 is 0. The van der Waals surface area contributed by atoms with Crippen LogP contribution in [0, 0.1) is 11.8 Å². The van der Waals surface area contributed by atoms with Gasteiger partial charge >= 0.3 is 0 Å². The summed E-state index contributed by atoms with van der Waals surface area (Å²) in [6.07, 6.45) is 2.78. The summed E-state index contributed by atoms with van der Waals surface area (Å²) in [5.41, 5.74) is 0. The molecule has 1 aliphatic heterocycles. The summed E-state index contributed by atoms with van der Waals surface area (Å²) in [4.78, 5) is 9.33. The minimum atomic E-state index is 0.641. The van der Waals surface area contributed by atoms with Crippen molar-refractivity contribution >= 4 is 17.7 Å². The maximum absolute atomic E-state index is 4.52. The minimum absolute atomic E-state index is 0.641. The Balaban J connectivity index is 1.87. The second-order valence-corrected chi connectivity index (χ2v) is 8.24. The average Bonchev–Trinajstić information content (AvgIpc) is 3.28. The zero-order valence-electron chi connectivity index (χ0n) is 14.3. The highest BCUT2D eigenvalue weighted by Crippen LogP contribution is 2.34. The van der Waals surface area contributed by atoms with Crippen molar-refractivity contribution in [3.63, 3.8) is 0 Å². The summed E-state index contributed by atoms with van der Waals surface area (Å²) in [5, 5.41) is 4.35. The van der Waals surface area contributed by atoms with Crippen molar-refractivity contribution in [3.8, 4) is 0 Å². The molecule has 0 amide bonds. The van der Waals surface area contributed by atoms with Crippen molar-refractivity contribution in [2.75, 3.05) is 46.5 Å². The first-order chi connectivity index (χ1) is 10.0. The lowest BCUT2D eigenvalue weighted by Crippen LogP contribution is -2.51. The first-order valence-corrected chi connectivity index (χ1v) is 9.31. The van der Waals surface area contributed by atoms with Gasteiger partial charge in [-0.25, -0.2) is 0 Å². The second-order valence-electron chi connectivity index (χ2n) is 6.90. The predicted molar refractivity (Wildman–Crippen MR) is 94.2 cm³/mol. The van der Waals surface area contributed by atoms with Gasteiger partial charge in [-0.3, -0.25) is 4.99 Å². The molecular weight excluding hydrogens is 280 g/mol. The Bertz CT molecular complexity index is 350. The van der Waals surface area contributed by atoms with Gasteiger partial charge in [-0.05, 0) is 38.8 Å². The molecule has 1 aliphatic carbocycles. The number of guanidine groups is 1. The number of hydrogen-bond acceptors (Lipinski definition) is 3. The van der Waals surface area contributed by atoms with E-state index in [9.17, 15) is 0 Å². The molecule has 2 aliphatic rings. The number of nitrogens with one attached hydrogen (secondary N) is 1. The van der Waals surface area contributed by atoms with Crippen molar-refractivity contribution in [2.45, 2.75) is 38.0 Å². The first-order valence-electron chi connectivity index (χ1n) is 8.26. The zero-order valence-corrected chi connectivity index (χ0v) is 15.1. The highest BCUT2D eigenvalue weighted by atomic mass is 32.2. The van der Waals surface area contributed by atoms with Crippen LogP contribution in [-0.4, -0.2) is 73.6 Å². The van der Waals surface area contributed by atoms with Crippen LogP contribution in [0.5, 0.6) is 0 Å². The molecule has 0 aromatic rings. The quantitative estimate of drug-likeness (QED) is 0.621. The minimum Gasteiger partial charge on any atom is -0.355 e. The van der Waals surface area contributed by atoms with Crippen LogP contribution < -0.4 is 5.32 Å². The highest BCUT2D eigenvalue weighted by molar-refractivity contribution is 8.00. The van der Waals surface area contributed by atoms with E-state index in [1.54, 1.807) is 0 Å². The Morgan fingerprint density at radius 1 is 1.38 bits per heavy atom. The van der Waals surface area contributed by atoms with Crippen molar-refractivity contribution in [1.82, 2.24) is 15.1 Å². The molecule has 5 heteroatoms. The lowest BCUT2D eigenvalue weighted by atomic mass is 10.1. The third-order valence-electron chi connectivity index (χ3n) is 4.65. The summed E-state index contributed by atoms with van der Waals surface area (Å²) in [6.45, 7) is 7.90. The third-order valence-corrected chi connectivity index (χ3v) is 6.19. The van der Waals surface area contributed by atoms with E-state index in [0.717, 1.165) is 42.7 Å². The van der Waals surface area contributed by atoms with Crippen molar-refractivity contribution in [3.05, 3.63) is 0 Å². The standard InChI is InChI=1S/C16H32N4S/c1-12(2)15-11-20(8-9-21-15)16(17-3)18-10-14(19(4)5)13-6-7-13/h12-15H,6-11H2,1-5H3,(H,17,18). The van der Waals surface area contributed by atoms with E-state index in [1.165, 1.54) is 18.6 Å². The second kappa shape index (κ2) is 7.73. The Hall–Kier alpha value is -0.420. The van der Waals surface area contributed by atoms with Crippen LogP contribution in [0.3, 0.4) is 0 Å². The van der Waals surface area contributed by atoms with Gasteiger partial charge in [-0.1, -0.05) is 13.8 Å². The molecule has 21 heavy (non-hydrogen) atoms. The van der Waals surface area contributed by atoms with Crippen LogP contribution in [0.25, 0.3) is 0 Å². The molecule has 2 fully saturated rings. The van der Waals surface area contributed by atoms with Gasteiger partial charge < -0.3 is 15.1 Å². The summed E-state index contributed by atoms with van der Waals surface area (Å²) in [7, 11) is 6.30. The van der Waals surface area contributed by atoms with Crippen LogP contribution in [0.2, 0.25) is 0 Å². The Morgan fingerprint density at radius 3 is 2.62 bits per heavy atom. The van der Waals surface area contributed by atoms with Crippen LogP contribution in [0.15, 0.2) is 4.99 Å². The van der Waals surface area contributed by atoms with E-state index in [4.69, 9.17) is 0 Å². The molecule has 1 saturated carbocycles. The fraction of sp³-hybridized carbons (Fsp3) is 0.938. The molecule has 4 nitrogen and oxygen atoms in total. The van der Waals surface area contributed by atoms with E-state index in [1.807, 2.05) is 7.05 Å². The normalized spacial score (nSPS) is 25.6. The Labute approximate surface area is 134 Å². The number of thioether (sulfide) groups is 1. The molecule has 1 saturated heterocycles. The molecule has 0 spiro atoms. The van der Waals surface area contributed by atoms with Gasteiger partial charge in [0.2, 0.25) is 0 Å². The van der Waals surface area contributed by atoms with E-state index in [-0.39, 0.29) is 0 Å². The van der Waals surface area contributed by atoms with Crippen LogP contribution in [0.1, 0.15) is 26.7 Å². The molecule has 122 valence electrons. The number of aliphatic imine (C=N–C) groups is 1. The van der Waals surface area contributed by atoms with Gasteiger partial charge in [0.1, 0.15) is 0 Å². The lowest BCUT2D eigenvalue weighted by Gasteiger charge is -2.37. The van der Waals surface area contributed by atoms with Gasteiger partial charge in [-0.2, -0.15) is 11.8 Å². The zero-order chi connectivity index (χ0) is 15.4.